The van der Waals surface area contributed by atoms with E-state index < -0.39 is 0 Å². The maximum absolute atomic E-state index is 8.85. The van der Waals surface area contributed by atoms with E-state index in [9.17, 15) is 0 Å². The zero-order valence-electron chi connectivity index (χ0n) is 10.4. The van der Waals surface area contributed by atoms with E-state index in [1.807, 2.05) is 24.3 Å². The van der Waals surface area contributed by atoms with Crippen LogP contribution in [-0.4, -0.2) is 12.1 Å². The predicted octanol–water partition coefficient (Wildman–Crippen LogP) is 3.34. The van der Waals surface area contributed by atoms with Gasteiger partial charge in [-0.2, -0.15) is 5.26 Å². The highest BCUT2D eigenvalue weighted by atomic mass is 79.9. The smallest absolute Gasteiger partial charge is 0.212 e. The summed E-state index contributed by atoms with van der Waals surface area (Å²) in [5.41, 5.74) is 2.62. The van der Waals surface area contributed by atoms with Gasteiger partial charge in [-0.1, -0.05) is 6.07 Å². The average molecular weight is 318 g/mol. The molecule has 0 fully saturated rings. The normalized spacial score (nSPS) is 9.74. The van der Waals surface area contributed by atoms with Gasteiger partial charge >= 0.3 is 0 Å². The van der Waals surface area contributed by atoms with Gasteiger partial charge in [-0.3, -0.25) is 0 Å². The second kappa shape index (κ2) is 6.21. The van der Waals surface area contributed by atoms with Gasteiger partial charge in [0, 0.05) is 29.0 Å². The van der Waals surface area contributed by atoms with Crippen LogP contribution >= 0.6 is 15.9 Å². The van der Waals surface area contributed by atoms with Crippen molar-refractivity contribution in [2.24, 2.45) is 0 Å². The highest BCUT2D eigenvalue weighted by molar-refractivity contribution is 9.10. The quantitative estimate of drug-likeness (QED) is 0.939. The second-order valence-electron chi connectivity index (χ2n) is 3.87. The van der Waals surface area contributed by atoms with E-state index in [1.165, 1.54) is 0 Å². The molecule has 4 nitrogen and oxygen atoms in total. The standard InChI is InChI=1S/C14H12BrN3O/c1-19-14-5-2-10(9-18-14)8-17-12-4-3-11(7-16)13(15)6-12/h2-6,9,17H,8H2,1H3. The van der Waals surface area contributed by atoms with Gasteiger partial charge in [-0.15, -0.1) is 0 Å². The molecule has 0 bridgehead atoms. The van der Waals surface area contributed by atoms with Crippen molar-refractivity contribution < 1.29 is 4.74 Å². The van der Waals surface area contributed by atoms with Gasteiger partial charge in [0.1, 0.15) is 6.07 Å². The Hall–Kier alpha value is -2.06. The number of anilines is 1. The lowest BCUT2D eigenvalue weighted by Gasteiger charge is -2.07. The molecule has 0 aliphatic carbocycles. The molecule has 1 N–H and O–H groups in total. The van der Waals surface area contributed by atoms with E-state index in [-0.39, 0.29) is 0 Å². The van der Waals surface area contributed by atoms with Crippen molar-refractivity contribution >= 4 is 21.6 Å². The van der Waals surface area contributed by atoms with Crippen molar-refractivity contribution in [3.63, 3.8) is 0 Å². The summed E-state index contributed by atoms with van der Waals surface area (Å²) in [5.74, 6) is 0.602. The number of rotatable bonds is 4. The van der Waals surface area contributed by atoms with Gasteiger partial charge < -0.3 is 10.1 Å². The number of pyridine rings is 1. The Labute approximate surface area is 120 Å². The Balaban J connectivity index is 2.02. The molecule has 2 aromatic rings. The molecule has 19 heavy (non-hydrogen) atoms. The molecule has 2 rings (SSSR count). The highest BCUT2D eigenvalue weighted by Crippen LogP contribution is 2.21. The number of nitriles is 1. The number of aromatic nitrogens is 1. The monoisotopic (exact) mass is 317 g/mol. The zero-order valence-corrected chi connectivity index (χ0v) is 11.9. The molecular weight excluding hydrogens is 306 g/mol. The van der Waals surface area contributed by atoms with Gasteiger partial charge in [0.2, 0.25) is 5.88 Å². The predicted molar refractivity (Wildman–Crippen MR) is 77.0 cm³/mol. The first-order valence-electron chi connectivity index (χ1n) is 5.65. The van der Waals surface area contributed by atoms with E-state index in [1.54, 1.807) is 19.4 Å². The fraction of sp³-hybridized carbons (Fsp3) is 0.143. The summed E-state index contributed by atoms with van der Waals surface area (Å²) >= 11 is 3.36. The third kappa shape index (κ3) is 3.46. The fourth-order valence-electron chi connectivity index (χ4n) is 1.56. The highest BCUT2D eigenvalue weighted by Gasteiger charge is 2.01. The molecule has 96 valence electrons. The number of benzene rings is 1. The molecule has 1 aromatic heterocycles. The number of halogens is 1. The summed E-state index contributed by atoms with van der Waals surface area (Å²) in [6, 6.07) is 11.4. The summed E-state index contributed by atoms with van der Waals surface area (Å²) < 4.78 is 5.79. The van der Waals surface area contributed by atoms with Crippen LogP contribution in [0.3, 0.4) is 0 Å². The summed E-state index contributed by atoms with van der Waals surface area (Å²) in [4.78, 5) is 4.14. The SMILES string of the molecule is COc1ccc(CNc2ccc(C#N)c(Br)c2)cn1. The molecule has 0 unspecified atom stereocenters. The van der Waals surface area contributed by atoms with Crippen LogP contribution in [-0.2, 0) is 6.54 Å². The molecular formula is C14H12BrN3O. The number of ether oxygens (including phenoxy) is 1. The zero-order chi connectivity index (χ0) is 13.7. The molecule has 1 aromatic carbocycles. The van der Waals surface area contributed by atoms with Crippen LogP contribution in [0, 0.1) is 11.3 Å². The third-order valence-corrected chi connectivity index (χ3v) is 3.25. The minimum absolute atomic E-state index is 0.602. The van der Waals surface area contributed by atoms with Crippen LogP contribution in [0.25, 0.3) is 0 Å². The van der Waals surface area contributed by atoms with Gasteiger partial charge in [0.25, 0.3) is 0 Å². The first-order chi connectivity index (χ1) is 9.22. The molecule has 0 radical (unpaired) electrons. The second-order valence-corrected chi connectivity index (χ2v) is 4.72. The van der Waals surface area contributed by atoms with E-state index in [0.29, 0.717) is 18.0 Å². The largest absolute Gasteiger partial charge is 0.481 e. The van der Waals surface area contributed by atoms with Crippen molar-refractivity contribution in [1.29, 1.82) is 5.26 Å². The molecule has 0 aliphatic heterocycles. The number of methoxy groups -OCH3 is 1. The molecule has 0 amide bonds. The summed E-state index contributed by atoms with van der Waals surface area (Å²) in [6.07, 6.45) is 1.77. The maximum Gasteiger partial charge on any atom is 0.212 e. The minimum atomic E-state index is 0.602. The molecule has 0 saturated carbocycles. The van der Waals surface area contributed by atoms with E-state index >= 15 is 0 Å². The maximum atomic E-state index is 8.85. The fourth-order valence-corrected chi connectivity index (χ4v) is 2.02. The van der Waals surface area contributed by atoms with E-state index in [0.717, 1.165) is 15.7 Å². The molecule has 0 atom stereocenters. The number of nitrogens with zero attached hydrogens (tertiary/aromatic N) is 2. The Bertz CT molecular complexity index is 605. The van der Waals surface area contributed by atoms with Crippen LogP contribution in [0.15, 0.2) is 41.0 Å². The Kier molecular flexibility index (Phi) is 4.37. The minimum Gasteiger partial charge on any atom is -0.481 e. The van der Waals surface area contributed by atoms with E-state index in [2.05, 4.69) is 32.3 Å². The van der Waals surface area contributed by atoms with Crippen molar-refractivity contribution in [1.82, 2.24) is 4.98 Å². The van der Waals surface area contributed by atoms with Crippen LogP contribution in [0.2, 0.25) is 0 Å². The molecule has 0 spiro atoms. The van der Waals surface area contributed by atoms with Crippen molar-refractivity contribution in [3.05, 3.63) is 52.1 Å². The van der Waals surface area contributed by atoms with E-state index in [4.69, 9.17) is 10.00 Å². The first kappa shape index (κ1) is 13.4. The van der Waals surface area contributed by atoms with Gasteiger partial charge in [-0.25, -0.2) is 4.98 Å². The Morgan fingerprint density at radius 2 is 2.21 bits per heavy atom. The lowest BCUT2D eigenvalue weighted by molar-refractivity contribution is 0.397. The topological polar surface area (TPSA) is 57.9 Å². The van der Waals surface area contributed by atoms with Crippen LogP contribution < -0.4 is 10.1 Å². The van der Waals surface area contributed by atoms with Gasteiger partial charge in [0.15, 0.2) is 0 Å². The first-order valence-corrected chi connectivity index (χ1v) is 6.44. The van der Waals surface area contributed by atoms with Crippen molar-refractivity contribution in [2.45, 2.75) is 6.54 Å². The number of nitrogens with one attached hydrogen (secondary N) is 1. The lowest BCUT2D eigenvalue weighted by Crippen LogP contribution is -2.00. The lowest BCUT2D eigenvalue weighted by atomic mass is 10.2. The molecule has 5 heteroatoms. The van der Waals surface area contributed by atoms with Crippen LogP contribution in [0.1, 0.15) is 11.1 Å². The third-order valence-electron chi connectivity index (χ3n) is 2.59. The molecule has 1 heterocycles. The Morgan fingerprint density at radius 1 is 1.37 bits per heavy atom. The Morgan fingerprint density at radius 3 is 2.79 bits per heavy atom. The number of hydrogen-bond acceptors (Lipinski definition) is 4. The molecule has 0 aliphatic rings. The summed E-state index contributed by atoms with van der Waals surface area (Å²) in [6.45, 7) is 0.662. The summed E-state index contributed by atoms with van der Waals surface area (Å²) in [7, 11) is 1.59. The van der Waals surface area contributed by atoms with Crippen molar-refractivity contribution in [3.8, 4) is 11.9 Å². The van der Waals surface area contributed by atoms with Crippen LogP contribution in [0.5, 0.6) is 5.88 Å². The van der Waals surface area contributed by atoms with Gasteiger partial charge in [0.05, 0.1) is 12.7 Å². The van der Waals surface area contributed by atoms with Gasteiger partial charge in [-0.05, 0) is 39.7 Å². The number of hydrogen-bond donors (Lipinski definition) is 1. The van der Waals surface area contributed by atoms with Crippen molar-refractivity contribution in [2.75, 3.05) is 12.4 Å². The van der Waals surface area contributed by atoms with Crippen LogP contribution in [0.4, 0.5) is 5.69 Å². The molecule has 0 saturated heterocycles. The summed E-state index contributed by atoms with van der Waals surface area (Å²) in [5, 5.41) is 12.1. The average Bonchev–Trinajstić information content (AvgIpc) is 2.46.